The molecule has 7 heteroatoms. The number of carbonyl (C=O) groups is 3. The van der Waals surface area contributed by atoms with Gasteiger partial charge in [-0.25, -0.2) is 4.79 Å². The third-order valence-electron chi connectivity index (χ3n) is 2.73. The van der Waals surface area contributed by atoms with Crippen LogP contribution in [0.15, 0.2) is 0 Å². The van der Waals surface area contributed by atoms with Crippen LogP contribution >= 0.6 is 0 Å². The van der Waals surface area contributed by atoms with Gasteiger partial charge in [0.05, 0.1) is 19.2 Å². The quantitative estimate of drug-likeness (QED) is 0.666. The maximum Gasteiger partial charge on any atom is 0.321 e. The van der Waals surface area contributed by atoms with Crippen LogP contribution < -0.4 is 10.6 Å². The van der Waals surface area contributed by atoms with Crippen LogP contribution in [0.1, 0.15) is 34.6 Å². The van der Waals surface area contributed by atoms with Crippen molar-refractivity contribution < 1.29 is 19.1 Å². The molecule has 1 unspecified atom stereocenters. The van der Waals surface area contributed by atoms with E-state index in [1.54, 1.807) is 25.7 Å². The van der Waals surface area contributed by atoms with Gasteiger partial charge in [0, 0.05) is 12.6 Å². The minimum absolute atomic E-state index is 0.00941. The third-order valence-corrected chi connectivity index (χ3v) is 2.73. The molecular formula is C13H25N3O4. The highest BCUT2D eigenvalue weighted by atomic mass is 16.5. The van der Waals surface area contributed by atoms with Gasteiger partial charge in [-0.05, 0) is 34.6 Å². The van der Waals surface area contributed by atoms with E-state index in [4.69, 9.17) is 4.74 Å². The standard InChI is InChI=1S/C13H25N3O4/c1-6-14-13(19)15-12(18)10(5)16(9(3)4)8-11(17)20-7-2/h9-10H,6-8H2,1-5H3,(H2,14,15,18,19). The fraction of sp³-hybridized carbons (Fsp3) is 0.769. The zero-order valence-electron chi connectivity index (χ0n) is 12.9. The first-order valence-corrected chi connectivity index (χ1v) is 6.83. The van der Waals surface area contributed by atoms with E-state index in [9.17, 15) is 14.4 Å². The summed E-state index contributed by atoms with van der Waals surface area (Å²) < 4.78 is 4.88. The van der Waals surface area contributed by atoms with Crippen LogP contribution in [0.3, 0.4) is 0 Å². The van der Waals surface area contributed by atoms with E-state index in [-0.39, 0.29) is 18.6 Å². The van der Waals surface area contributed by atoms with Gasteiger partial charge >= 0.3 is 12.0 Å². The molecule has 0 saturated carbocycles. The first-order chi connectivity index (χ1) is 9.33. The second-order valence-corrected chi connectivity index (χ2v) is 4.60. The highest BCUT2D eigenvalue weighted by molar-refractivity contribution is 5.96. The Morgan fingerprint density at radius 1 is 1.15 bits per heavy atom. The van der Waals surface area contributed by atoms with Gasteiger partial charge in [0.25, 0.3) is 0 Å². The summed E-state index contributed by atoms with van der Waals surface area (Å²) in [4.78, 5) is 36.5. The molecule has 0 aromatic rings. The van der Waals surface area contributed by atoms with Crippen LogP contribution in [0.5, 0.6) is 0 Å². The molecule has 3 amide bonds. The molecule has 0 aliphatic heterocycles. The Bertz CT molecular complexity index is 345. The van der Waals surface area contributed by atoms with Crippen LogP contribution in [-0.4, -0.2) is 54.6 Å². The lowest BCUT2D eigenvalue weighted by Crippen LogP contribution is -2.52. The van der Waals surface area contributed by atoms with E-state index in [1.807, 2.05) is 13.8 Å². The van der Waals surface area contributed by atoms with Crippen molar-refractivity contribution in [3.8, 4) is 0 Å². The zero-order valence-corrected chi connectivity index (χ0v) is 12.9. The van der Waals surface area contributed by atoms with Gasteiger partial charge < -0.3 is 10.1 Å². The number of nitrogens with zero attached hydrogens (tertiary/aromatic N) is 1. The number of imide groups is 1. The Morgan fingerprint density at radius 3 is 2.20 bits per heavy atom. The van der Waals surface area contributed by atoms with Crippen molar-refractivity contribution in [3.05, 3.63) is 0 Å². The van der Waals surface area contributed by atoms with Crippen LogP contribution in [-0.2, 0) is 14.3 Å². The average Bonchev–Trinajstić information content (AvgIpc) is 2.35. The summed E-state index contributed by atoms with van der Waals surface area (Å²) in [6, 6.07) is -1.18. The molecule has 0 fully saturated rings. The number of carbonyl (C=O) groups excluding carboxylic acids is 3. The van der Waals surface area contributed by atoms with Crippen LogP contribution in [0.25, 0.3) is 0 Å². The molecule has 0 aliphatic carbocycles. The van der Waals surface area contributed by atoms with E-state index >= 15 is 0 Å². The topological polar surface area (TPSA) is 87.7 Å². The summed E-state index contributed by atoms with van der Waals surface area (Å²) in [6.07, 6.45) is 0. The van der Waals surface area contributed by atoms with E-state index in [0.29, 0.717) is 13.2 Å². The number of hydrogen-bond acceptors (Lipinski definition) is 5. The molecule has 1 atom stereocenters. The monoisotopic (exact) mass is 287 g/mol. The lowest BCUT2D eigenvalue weighted by Gasteiger charge is -2.30. The second-order valence-electron chi connectivity index (χ2n) is 4.60. The van der Waals surface area contributed by atoms with E-state index in [0.717, 1.165) is 0 Å². The van der Waals surface area contributed by atoms with Gasteiger partial charge in [0.2, 0.25) is 5.91 Å². The summed E-state index contributed by atoms with van der Waals surface area (Å²) in [6.45, 7) is 9.61. The number of esters is 1. The van der Waals surface area contributed by atoms with Crippen molar-refractivity contribution in [2.24, 2.45) is 0 Å². The smallest absolute Gasteiger partial charge is 0.321 e. The van der Waals surface area contributed by atoms with E-state index < -0.39 is 18.0 Å². The molecular weight excluding hydrogens is 262 g/mol. The average molecular weight is 287 g/mol. The van der Waals surface area contributed by atoms with Crippen molar-refractivity contribution >= 4 is 17.9 Å². The number of ether oxygens (including phenoxy) is 1. The van der Waals surface area contributed by atoms with Crippen molar-refractivity contribution in [1.82, 2.24) is 15.5 Å². The Hall–Kier alpha value is -1.63. The molecule has 0 aromatic heterocycles. The van der Waals surface area contributed by atoms with Crippen LogP contribution in [0.4, 0.5) is 4.79 Å². The molecule has 20 heavy (non-hydrogen) atoms. The molecule has 0 spiro atoms. The lowest BCUT2D eigenvalue weighted by molar-refractivity contribution is -0.146. The van der Waals surface area contributed by atoms with Gasteiger partial charge in [0.1, 0.15) is 0 Å². The molecule has 2 N–H and O–H groups in total. The van der Waals surface area contributed by atoms with Crippen molar-refractivity contribution in [2.45, 2.75) is 46.7 Å². The Morgan fingerprint density at radius 2 is 1.75 bits per heavy atom. The van der Waals surface area contributed by atoms with Crippen molar-refractivity contribution in [2.75, 3.05) is 19.7 Å². The predicted molar refractivity (Wildman–Crippen MR) is 75.2 cm³/mol. The SMILES string of the molecule is CCNC(=O)NC(=O)C(C)N(CC(=O)OCC)C(C)C. The molecule has 0 bridgehead atoms. The number of nitrogens with one attached hydrogen (secondary N) is 2. The highest BCUT2D eigenvalue weighted by Crippen LogP contribution is 2.06. The van der Waals surface area contributed by atoms with Gasteiger partial charge in [-0.3, -0.25) is 19.8 Å². The molecule has 0 aliphatic rings. The fourth-order valence-corrected chi connectivity index (χ4v) is 1.69. The minimum Gasteiger partial charge on any atom is -0.465 e. The molecule has 0 aromatic carbocycles. The Kier molecular flexibility index (Phi) is 8.54. The highest BCUT2D eigenvalue weighted by Gasteiger charge is 2.27. The fourth-order valence-electron chi connectivity index (χ4n) is 1.69. The van der Waals surface area contributed by atoms with Crippen molar-refractivity contribution in [1.29, 1.82) is 0 Å². The predicted octanol–water partition coefficient (Wildman–Crippen LogP) is 0.494. The zero-order chi connectivity index (χ0) is 15.7. The molecule has 0 rings (SSSR count). The molecule has 7 nitrogen and oxygen atoms in total. The van der Waals surface area contributed by atoms with Crippen LogP contribution in [0, 0.1) is 0 Å². The number of rotatable bonds is 7. The van der Waals surface area contributed by atoms with Gasteiger partial charge in [-0.15, -0.1) is 0 Å². The summed E-state index contributed by atoms with van der Waals surface area (Å²) in [7, 11) is 0. The van der Waals surface area contributed by atoms with E-state index in [2.05, 4.69) is 10.6 Å². The Labute approximate surface area is 120 Å². The third kappa shape index (κ3) is 6.51. The van der Waals surface area contributed by atoms with Gasteiger partial charge in [-0.1, -0.05) is 0 Å². The number of urea groups is 1. The first-order valence-electron chi connectivity index (χ1n) is 6.83. The summed E-state index contributed by atoms with van der Waals surface area (Å²) >= 11 is 0. The lowest BCUT2D eigenvalue weighted by atomic mass is 10.2. The number of hydrogen-bond donors (Lipinski definition) is 2. The molecule has 0 heterocycles. The van der Waals surface area contributed by atoms with Gasteiger partial charge in [-0.2, -0.15) is 0 Å². The summed E-state index contributed by atoms with van der Waals surface area (Å²) in [5.74, 6) is -0.840. The summed E-state index contributed by atoms with van der Waals surface area (Å²) in [5, 5.41) is 4.72. The molecule has 0 radical (unpaired) electrons. The summed E-state index contributed by atoms with van der Waals surface area (Å²) in [5.41, 5.74) is 0. The first kappa shape index (κ1) is 18.4. The maximum absolute atomic E-state index is 11.9. The largest absolute Gasteiger partial charge is 0.465 e. The molecule has 0 saturated heterocycles. The number of amides is 3. The second kappa shape index (κ2) is 9.30. The normalized spacial score (nSPS) is 12.2. The molecule has 116 valence electrons. The van der Waals surface area contributed by atoms with Crippen LogP contribution in [0.2, 0.25) is 0 Å². The van der Waals surface area contributed by atoms with E-state index in [1.165, 1.54) is 0 Å². The van der Waals surface area contributed by atoms with Crippen molar-refractivity contribution in [3.63, 3.8) is 0 Å². The minimum atomic E-state index is -0.609. The Balaban J connectivity index is 4.62. The van der Waals surface area contributed by atoms with Gasteiger partial charge in [0.15, 0.2) is 0 Å². The maximum atomic E-state index is 11.9.